The van der Waals surface area contributed by atoms with Crippen LogP contribution in [0.2, 0.25) is 5.02 Å². The molecule has 2 aliphatic rings. The lowest BCUT2D eigenvalue weighted by atomic mass is 10.0. The number of fused-ring (bicyclic) bond motifs is 1. The van der Waals surface area contributed by atoms with Gasteiger partial charge >= 0.3 is 0 Å². The molecule has 9 heteroatoms. The van der Waals surface area contributed by atoms with Crippen molar-refractivity contribution >= 4 is 27.5 Å². The summed E-state index contributed by atoms with van der Waals surface area (Å²) >= 11 is 6.03. The fourth-order valence-electron chi connectivity index (χ4n) is 4.06. The number of hydrogen-bond acceptors (Lipinski definition) is 5. The Kier molecular flexibility index (Phi) is 5.35. The van der Waals surface area contributed by atoms with Crippen molar-refractivity contribution in [2.75, 3.05) is 19.6 Å². The molecule has 2 aromatic rings. The smallest absolute Gasteiger partial charge is 0.274 e. The molecular weight excluding hydrogens is 400 g/mol. The average Bonchev–Trinajstić information content (AvgIpc) is 2.83. The van der Waals surface area contributed by atoms with Crippen molar-refractivity contribution in [1.82, 2.24) is 19.2 Å². The molecule has 2 atom stereocenters. The van der Waals surface area contributed by atoms with Crippen LogP contribution in [0.4, 0.5) is 0 Å². The first-order valence-electron chi connectivity index (χ1n) is 9.24. The van der Waals surface area contributed by atoms with Gasteiger partial charge in [-0.1, -0.05) is 23.7 Å². The number of hydrogen-bond donors (Lipinski definition) is 0. The van der Waals surface area contributed by atoms with Crippen molar-refractivity contribution in [3.8, 4) is 0 Å². The molecule has 0 saturated carbocycles. The number of benzene rings is 1. The number of sulfonamides is 1. The number of amides is 1. The maximum absolute atomic E-state index is 13.1. The highest BCUT2D eigenvalue weighted by Crippen LogP contribution is 2.35. The lowest BCUT2D eigenvalue weighted by molar-refractivity contribution is 0.0752. The van der Waals surface area contributed by atoms with E-state index in [0.717, 1.165) is 5.56 Å². The number of carbonyl (C=O) groups is 1. The molecule has 0 radical (unpaired) electrons. The molecule has 0 aliphatic carbocycles. The van der Waals surface area contributed by atoms with Crippen LogP contribution in [0.25, 0.3) is 0 Å². The van der Waals surface area contributed by atoms with Gasteiger partial charge in [-0.3, -0.25) is 9.78 Å². The molecule has 4 rings (SSSR count). The number of aromatic nitrogens is 2. The van der Waals surface area contributed by atoms with Crippen molar-refractivity contribution < 1.29 is 13.2 Å². The molecule has 0 bridgehead atoms. The Morgan fingerprint density at radius 3 is 2.79 bits per heavy atom. The Balaban J connectivity index is 1.46. The van der Waals surface area contributed by atoms with Gasteiger partial charge in [-0.15, -0.1) is 0 Å². The van der Waals surface area contributed by atoms with E-state index in [1.165, 1.54) is 18.6 Å². The second kappa shape index (κ2) is 7.77. The zero-order valence-corrected chi connectivity index (χ0v) is 16.8. The minimum absolute atomic E-state index is 0.0174. The van der Waals surface area contributed by atoms with Crippen LogP contribution in [0.1, 0.15) is 28.9 Å². The Morgan fingerprint density at radius 1 is 1.21 bits per heavy atom. The SMILES string of the molecule is O=C(c1cnccn1)N1CC[C@@H]2CN(Cc3cccc(Cl)c3)S(=O)(=O)[C@@H]2CC1. The molecule has 0 unspecified atom stereocenters. The summed E-state index contributed by atoms with van der Waals surface area (Å²) in [5.41, 5.74) is 1.17. The monoisotopic (exact) mass is 420 g/mol. The quantitative estimate of drug-likeness (QED) is 0.760. The first-order valence-corrected chi connectivity index (χ1v) is 11.1. The maximum atomic E-state index is 13.1. The van der Waals surface area contributed by atoms with Crippen molar-refractivity contribution in [3.63, 3.8) is 0 Å². The molecule has 0 spiro atoms. The molecule has 2 saturated heterocycles. The van der Waals surface area contributed by atoms with Gasteiger partial charge in [0.25, 0.3) is 5.91 Å². The first-order chi connectivity index (χ1) is 13.4. The molecule has 2 aliphatic heterocycles. The minimum Gasteiger partial charge on any atom is -0.337 e. The van der Waals surface area contributed by atoms with Crippen LogP contribution in [0.5, 0.6) is 0 Å². The third kappa shape index (κ3) is 3.76. The van der Waals surface area contributed by atoms with Crippen LogP contribution in [0, 0.1) is 5.92 Å². The molecule has 3 heterocycles. The first kappa shape index (κ1) is 19.3. The third-order valence-corrected chi connectivity index (χ3v) is 8.10. The summed E-state index contributed by atoms with van der Waals surface area (Å²) in [5, 5.41) is 0.146. The van der Waals surface area contributed by atoms with Crippen molar-refractivity contribution in [2.24, 2.45) is 5.92 Å². The Labute approximate surface area is 169 Å². The number of nitrogens with zero attached hydrogens (tertiary/aromatic N) is 4. The molecule has 0 N–H and O–H groups in total. The van der Waals surface area contributed by atoms with Gasteiger partial charge in [-0.05, 0) is 36.5 Å². The molecule has 1 amide bonds. The van der Waals surface area contributed by atoms with Crippen molar-refractivity contribution in [3.05, 3.63) is 59.1 Å². The van der Waals surface area contributed by atoms with Crippen LogP contribution < -0.4 is 0 Å². The number of likely N-dealkylation sites (tertiary alicyclic amines) is 1. The van der Waals surface area contributed by atoms with Crippen LogP contribution in [-0.4, -0.2) is 58.4 Å². The van der Waals surface area contributed by atoms with E-state index in [2.05, 4.69) is 9.97 Å². The summed E-state index contributed by atoms with van der Waals surface area (Å²) in [7, 11) is -3.41. The summed E-state index contributed by atoms with van der Waals surface area (Å²) in [5.74, 6) is -0.176. The highest BCUT2D eigenvalue weighted by atomic mass is 35.5. The van der Waals surface area contributed by atoms with Crippen molar-refractivity contribution in [1.29, 1.82) is 0 Å². The zero-order chi connectivity index (χ0) is 19.7. The Morgan fingerprint density at radius 2 is 2.04 bits per heavy atom. The second-order valence-corrected chi connectivity index (χ2v) is 9.81. The van der Waals surface area contributed by atoms with Gasteiger partial charge in [0.15, 0.2) is 0 Å². The van der Waals surface area contributed by atoms with Gasteiger partial charge < -0.3 is 4.90 Å². The topological polar surface area (TPSA) is 83.5 Å². The fourth-order valence-corrected chi connectivity index (χ4v) is 6.50. The van der Waals surface area contributed by atoms with E-state index in [1.54, 1.807) is 21.3 Å². The third-order valence-electron chi connectivity index (χ3n) is 5.48. The normalized spacial score (nSPS) is 24.5. The van der Waals surface area contributed by atoms with Gasteiger partial charge in [-0.25, -0.2) is 13.4 Å². The molecule has 148 valence electrons. The van der Waals surface area contributed by atoms with Gasteiger partial charge in [0, 0.05) is 43.6 Å². The summed E-state index contributed by atoms with van der Waals surface area (Å²) in [6.45, 7) is 1.74. The van der Waals surface area contributed by atoms with E-state index in [-0.39, 0.29) is 11.8 Å². The predicted octanol–water partition coefficient (Wildman–Crippen LogP) is 2.20. The summed E-state index contributed by atoms with van der Waals surface area (Å²) < 4.78 is 27.7. The van der Waals surface area contributed by atoms with E-state index >= 15 is 0 Å². The zero-order valence-electron chi connectivity index (χ0n) is 15.2. The number of halogens is 1. The van der Waals surface area contributed by atoms with E-state index < -0.39 is 15.3 Å². The van der Waals surface area contributed by atoms with Crippen molar-refractivity contribution in [2.45, 2.75) is 24.6 Å². The van der Waals surface area contributed by atoms with Crippen LogP contribution in [-0.2, 0) is 16.6 Å². The van der Waals surface area contributed by atoms with Gasteiger partial charge in [-0.2, -0.15) is 4.31 Å². The average molecular weight is 421 g/mol. The highest BCUT2D eigenvalue weighted by Gasteiger charge is 2.47. The van der Waals surface area contributed by atoms with E-state index in [0.29, 0.717) is 49.7 Å². The molecule has 1 aromatic carbocycles. The molecule has 7 nitrogen and oxygen atoms in total. The van der Waals surface area contributed by atoms with E-state index in [4.69, 9.17) is 11.6 Å². The maximum Gasteiger partial charge on any atom is 0.274 e. The Bertz CT molecular complexity index is 970. The van der Waals surface area contributed by atoms with Crippen LogP contribution in [0.3, 0.4) is 0 Å². The number of rotatable bonds is 3. The predicted molar refractivity (Wildman–Crippen MR) is 105 cm³/mol. The summed E-state index contributed by atoms with van der Waals surface area (Å²) in [4.78, 5) is 22.3. The molecule has 1 aromatic heterocycles. The Hall–Kier alpha value is -2.03. The van der Waals surface area contributed by atoms with E-state index in [1.807, 2.05) is 12.1 Å². The standard InChI is InChI=1S/C19H21ClN4O3S/c20-16-3-1-2-14(10-16)12-24-13-15-4-8-23(9-5-18(15)28(24,26)27)19(25)17-11-21-6-7-22-17/h1-3,6-7,10-11,15,18H,4-5,8-9,12-13H2/t15-,18-/m1/s1. The van der Waals surface area contributed by atoms with Crippen LogP contribution >= 0.6 is 11.6 Å². The van der Waals surface area contributed by atoms with E-state index in [9.17, 15) is 13.2 Å². The minimum atomic E-state index is -3.41. The fraction of sp³-hybridized carbons (Fsp3) is 0.421. The molecule has 28 heavy (non-hydrogen) atoms. The molecule has 2 fully saturated rings. The summed E-state index contributed by atoms with van der Waals surface area (Å²) in [6, 6.07) is 7.29. The van der Waals surface area contributed by atoms with Gasteiger partial charge in [0.2, 0.25) is 10.0 Å². The molecular formula is C19H21ClN4O3S. The second-order valence-electron chi connectivity index (χ2n) is 7.23. The highest BCUT2D eigenvalue weighted by molar-refractivity contribution is 7.90. The largest absolute Gasteiger partial charge is 0.337 e. The summed E-state index contributed by atoms with van der Waals surface area (Å²) in [6.07, 6.45) is 5.53. The van der Waals surface area contributed by atoms with Crippen LogP contribution in [0.15, 0.2) is 42.9 Å². The lowest BCUT2D eigenvalue weighted by Gasteiger charge is -2.21. The number of carbonyl (C=O) groups excluding carboxylic acids is 1. The van der Waals surface area contributed by atoms with Gasteiger partial charge in [0.1, 0.15) is 5.69 Å². The van der Waals surface area contributed by atoms with Gasteiger partial charge in [0.05, 0.1) is 11.4 Å². The lowest BCUT2D eigenvalue weighted by Crippen LogP contribution is -2.35.